The quantitative estimate of drug-likeness (QED) is 0.869. The van der Waals surface area contributed by atoms with E-state index < -0.39 is 6.10 Å². The van der Waals surface area contributed by atoms with Gasteiger partial charge in [-0.3, -0.25) is 4.90 Å². The highest BCUT2D eigenvalue weighted by atomic mass is 16.6. The molecule has 0 aliphatic carbocycles. The molecular formula is C14H17NO4. The molecule has 2 saturated heterocycles. The molecule has 0 saturated carbocycles. The number of likely N-dealkylation sites (tertiary alicyclic amines) is 1. The van der Waals surface area contributed by atoms with Gasteiger partial charge in [0.05, 0.1) is 18.7 Å². The number of hydrogen-bond acceptors (Lipinski definition) is 4. The van der Waals surface area contributed by atoms with Crippen LogP contribution in [0.2, 0.25) is 0 Å². The van der Waals surface area contributed by atoms with E-state index in [1.807, 2.05) is 30.3 Å². The van der Waals surface area contributed by atoms with E-state index in [4.69, 9.17) is 9.47 Å². The summed E-state index contributed by atoms with van der Waals surface area (Å²) in [5.74, 6) is 0. The predicted molar refractivity (Wildman–Crippen MR) is 67.5 cm³/mol. The molecule has 3 rings (SSSR count). The number of aliphatic hydroxyl groups is 1. The molecular weight excluding hydrogens is 246 g/mol. The van der Waals surface area contributed by atoms with Crippen molar-refractivity contribution in [1.82, 2.24) is 4.90 Å². The molecule has 0 aromatic heterocycles. The smallest absolute Gasteiger partial charge is 0.410 e. The van der Waals surface area contributed by atoms with Crippen molar-refractivity contribution in [3.8, 4) is 0 Å². The van der Waals surface area contributed by atoms with Gasteiger partial charge >= 0.3 is 6.09 Å². The number of hydrogen-bond donors (Lipinski definition) is 1. The summed E-state index contributed by atoms with van der Waals surface area (Å²) in [6.07, 6.45) is -0.454. The fraction of sp³-hybridized carbons (Fsp3) is 0.500. The molecule has 1 aromatic carbocycles. The lowest BCUT2D eigenvalue weighted by Crippen LogP contribution is -2.37. The molecule has 2 aliphatic heterocycles. The monoisotopic (exact) mass is 263 g/mol. The lowest BCUT2D eigenvalue weighted by atomic mass is 10.1. The number of amides is 1. The van der Waals surface area contributed by atoms with Crippen LogP contribution in [0.1, 0.15) is 12.0 Å². The van der Waals surface area contributed by atoms with Crippen LogP contribution >= 0.6 is 0 Å². The molecule has 5 heteroatoms. The second-order valence-electron chi connectivity index (χ2n) is 4.95. The van der Waals surface area contributed by atoms with Crippen molar-refractivity contribution in [3.63, 3.8) is 0 Å². The molecule has 0 radical (unpaired) electrons. The number of nitrogens with zero attached hydrogens (tertiary/aromatic N) is 1. The Bertz CT molecular complexity index is 450. The first-order chi connectivity index (χ1) is 9.25. The zero-order valence-corrected chi connectivity index (χ0v) is 10.6. The van der Waals surface area contributed by atoms with Gasteiger partial charge < -0.3 is 14.6 Å². The Morgan fingerprint density at radius 3 is 3.00 bits per heavy atom. The average Bonchev–Trinajstić information content (AvgIpc) is 3.02. The number of fused-ring (bicyclic) bond motifs is 1. The Balaban J connectivity index is 1.59. The van der Waals surface area contributed by atoms with E-state index in [1.165, 1.54) is 0 Å². The Labute approximate surface area is 111 Å². The molecule has 2 heterocycles. The number of carbonyl (C=O) groups is 1. The molecule has 1 aromatic rings. The molecule has 1 amide bonds. The zero-order valence-electron chi connectivity index (χ0n) is 10.6. The molecule has 0 bridgehead atoms. The van der Waals surface area contributed by atoms with Gasteiger partial charge in [-0.1, -0.05) is 30.3 Å². The normalized spacial score (nSPS) is 29.3. The predicted octanol–water partition coefficient (Wildman–Crippen LogP) is 1.16. The van der Waals surface area contributed by atoms with Gasteiger partial charge in [-0.15, -0.1) is 0 Å². The standard InChI is InChI=1S/C14H17NO4/c16-12-8-15(11-6-7-18-13(11)12)14(17)19-9-10-4-2-1-3-5-10/h1-5,11-13,16H,6-9H2/t11-,12-,13?/m1/s1. The molecule has 102 valence electrons. The number of rotatable bonds is 2. The van der Waals surface area contributed by atoms with E-state index in [2.05, 4.69) is 0 Å². The second-order valence-corrected chi connectivity index (χ2v) is 4.95. The number of carbonyl (C=O) groups excluding carboxylic acids is 1. The minimum atomic E-state index is -0.600. The SMILES string of the molecule is O=C(OCc1ccccc1)N1C[C@@H](O)C2OCC[C@H]21. The molecule has 19 heavy (non-hydrogen) atoms. The third kappa shape index (κ3) is 2.43. The largest absolute Gasteiger partial charge is 0.445 e. The van der Waals surface area contributed by atoms with Gasteiger partial charge in [0, 0.05) is 6.61 Å². The highest BCUT2D eigenvalue weighted by Crippen LogP contribution is 2.29. The molecule has 5 nitrogen and oxygen atoms in total. The summed E-state index contributed by atoms with van der Waals surface area (Å²) in [7, 11) is 0. The average molecular weight is 263 g/mol. The number of benzene rings is 1. The minimum absolute atomic E-state index is 0.0433. The van der Waals surface area contributed by atoms with E-state index in [1.54, 1.807) is 4.90 Å². The first-order valence-electron chi connectivity index (χ1n) is 6.52. The Morgan fingerprint density at radius 1 is 1.42 bits per heavy atom. The lowest BCUT2D eigenvalue weighted by Gasteiger charge is -2.21. The zero-order chi connectivity index (χ0) is 13.2. The van der Waals surface area contributed by atoms with Crippen molar-refractivity contribution in [2.45, 2.75) is 31.3 Å². The summed E-state index contributed by atoms with van der Waals surface area (Å²) in [5.41, 5.74) is 0.954. The molecule has 2 aliphatic rings. The van der Waals surface area contributed by atoms with Crippen LogP contribution in [0.15, 0.2) is 30.3 Å². The van der Waals surface area contributed by atoms with Crippen molar-refractivity contribution >= 4 is 6.09 Å². The topological polar surface area (TPSA) is 59.0 Å². The van der Waals surface area contributed by atoms with Gasteiger partial charge in [0.25, 0.3) is 0 Å². The molecule has 1 N–H and O–H groups in total. The van der Waals surface area contributed by atoms with Gasteiger partial charge in [-0.05, 0) is 12.0 Å². The van der Waals surface area contributed by atoms with Gasteiger partial charge in [-0.2, -0.15) is 0 Å². The number of β-amino-alcohol motifs (C(OH)–C–C–N with tert-alkyl or cyclic N) is 1. The van der Waals surface area contributed by atoms with Gasteiger partial charge in [0.15, 0.2) is 0 Å². The van der Waals surface area contributed by atoms with Crippen LogP contribution in [0.4, 0.5) is 4.79 Å². The van der Waals surface area contributed by atoms with Crippen molar-refractivity contribution in [3.05, 3.63) is 35.9 Å². The summed E-state index contributed by atoms with van der Waals surface area (Å²) >= 11 is 0. The van der Waals surface area contributed by atoms with Crippen molar-refractivity contribution in [2.24, 2.45) is 0 Å². The summed E-state index contributed by atoms with van der Waals surface area (Å²) in [5, 5.41) is 9.83. The summed E-state index contributed by atoms with van der Waals surface area (Å²) in [4.78, 5) is 13.6. The Morgan fingerprint density at radius 2 is 2.21 bits per heavy atom. The van der Waals surface area contributed by atoms with E-state index in [-0.39, 0.29) is 24.8 Å². The van der Waals surface area contributed by atoms with Crippen molar-refractivity contribution < 1.29 is 19.4 Å². The van der Waals surface area contributed by atoms with Crippen LogP contribution in [0, 0.1) is 0 Å². The number of aliphatic hydroxyl groups excluding tert-OH is 1. The van der Waals surface area contributed by atoms with Crippen LogP contribution in [-0.4, -0.2) is 47.5 Å². The highest BCUT2D eigenvalue weighted by Gasteiger charge is 2.47. The lowest BCUT2D eigenvalue weighted by molar-refractivity contribution is 0.0187. The summed E-state index contributed by atoms with van der Waals surface area (Å²) in [6, 6.07) is 9.51. The Hall–Kier alpha value is -1.59. The van der Waals surface area contributed by atoms with Crippen LogP contribution in [0.5, 0.6) is 0 Å². The summed E-state index contributed by atoms with van der Waals surface area (Å²) in [6.45, 7) is 1.14. The van der Waals surface area contributed by atoms with E-state index in [0.29, 0.717) is 13.2 Å². The van der Waals surface area contributed by atoms with E-state index in [9.17, 15) is 9.90 Å². The maximum atomic E-state index is 12.0. The number of ether oxygens (including phenoxy) is 2. The van der Waals surface area contributed by atoms with E-state index >= 15 is 0 Å². The third-order valence-electron chi connectivity index (χ3n) is 3.71. The molecule has 2 fully saturated rings. The van der Waals surface area contributed by atoms with E-state index in [0.717, 1.165) is 12.0 Å². The van der Waals surface area contributed by atoms with Gasteiger partial charge in [0.2, 0.25) is 0 Å². The molecule has 1 unspecified atom stereocenters. The molecule has 0 spiro atoms. The van der Waals surface area contributed by atoms with Crippen molar-refractivity contribution in [2.75, 3.05) is 13.2 Å². The van der Waals surface area contributed by atoms with Crippen LogP contribution < -0.4 is 0 Å². The van der Waals surface area contributed by atoms with Gasteiger partial charge in [-0.25, -0.2) is 4.79 Å². The Kier molecular flexibility index (Phi) is 3.40. The first-order valence-corrected chi connectivity index (χ1v) is 6.52. The fourth-order valence-electron chi connectivity index (χ4n) is 2.75. The summed E-state index contributed by atoms with van der Waals surface area (Å²) < 4.78 is 10.7. The second kappa shape index (κ2) is 5.19. The molecule has 3 atom stereocenters. The van der Waals surface area contributed by atoms with Gasteiger partial charge in [0.1, 0.15) is 12.7 Å². The van der Waals surface area contributed by atoms with Crippen molar-refractivity contribution in [1.29, 1.82) is 0 Å². The minimum Gasteiger partial charge on any atom is -0.445 e. The first kappa shape index (κ1) is 12.4. The third-order valence-corrected chi connectivity index (χ3v) is 3.71. The highest BCUT2D eigenvalue weighted by molar-refractivity contribution is 5.69. The van der Waals surface area contributed by atoms with Crippen LogP contribution in [-0.2, 0) is 16.1 Å². The fourth-order valence-corrected chi connectivity index (χ4v) is 2.75. The van der Waals surface area contributed by atoms with Crippen LogP contribution in [0.25, 0.3) is 0 Å². The maximum Gasteiger partial charge on any atom is 0.410 e. The van der Waals surface area contributed by atoms with Crippen LogP contribution in [0.3, 0.4) is 0 Å². The maximum absolute atomic E-state index is 12.0.